The first-order chi connectivity index (χ1) is 14.3. The van der Waals surface area contributed by atoms with Crippen LogP contribution in [0.4, 0.5) is 15.8 Å². The highest BCUT2D eigenvalue weighted by molar-refractivity contribution is 7.92. The Bertz CT molecular complexity index is 1040. The Morgan fingerprint density at radius 1 is 1.03 bits per heavy atom. The number of hydrogen-bond donors (Lipinski definition) is 0. The number of rotatable bonds is 5. The van der Waals surface area contributed by atoms with Crippen molar-refractivity contribution < 1.29 is 27.1 Å². The molecule has 160 valence electrons. The summed E-state index contributed by atoms with van der Waals surface area (Å²) in [6.45, 7) is 1.86. The molecule has 4 rings (SSSR count). The molecule has 2 heterocycles. The first-order valence-corrected chi connectivity index (χ1v) is 11.3. The van der Waals surface area contributed by atoms with Gasteiger partial charge in [-0.15, -0.1) is 0 Å². The van der Waals surface area contributed by atoms with Gasteiger partial charge in [0.05, 0.1) is 11.9 Å². The van der Waals surface area contributed by atoms with Crippen molar-refractivity contribution in [1.29, 1.82) is 0 Å². The van der Waals surface area contributed by atoms with Crippen LogP contribution < -0.4 is 18.7 Å². The van der Waals surface area contributed by atoms with Crippen LogP contribution in [0.5, 0.6) is 11.5 Å². The lowest BCUT2D eigenvalue weighted by molar-refractivity contribution is -0.129. The zero-order chi connectivity index (χ0) is 21.3. The number of anilines is 2. The van der Waals surface area contributed by atoms with E-state index in [0.29, 0.717) is 43.4 Å². The summed E-state index contributed by atoms with van der Waals surface area (Å²) in [4.78, 5) is 16.6. The first-order valence-electron chi connectivity index (χ1n) is 9.47. The molecular formula is C20H22FN3O5S. The van der Waals surface area contributed by atoms with E-state index < -0.39 is 10.0 Å². The number of ether oxygens (including phenoxy) is 2. The summed E-state index contributed by atoms with van der Waals surface area (Å²) in [5.41, 5.74) is 1.24. The van der Waals surface area contributed by atoms with E-state index in [2.05, 4.69) is 4.90 Å². The van der Waals surface area contributed by atoms with Crippen LogP contribution >= 0.6 is 0 Å². The minimum absolute atomic E-state index is 0.0783. The molecule has 2 aliphatic rings. The van der Waals surface area contributed by atoms with Crippen LogP contribution in [0, 0.1) is 5.82 Å². The summed E-state index contributed by atoms with van der Waals surface area (Å²) in [5, 5.41) is 0. The van der Waals surface area contributed by atoms with Gasteiger partial charge in [-0.05, 0) is 36.4 Å². The average molecular weight is 435 g/mol. The molecule has 2 aliphatic heterocycles. The maximum Gasteiger partial charge on any atom is 0.243 e. The lowest BCUT2D eigenvalue weighted by Gasteiger charge is -2.37. The summed E-state index contributed by atoms with van der Waals surface area (Å²) >= 11 is 0. The molecule has 0 atom stereocenters. The molecular weight excluding hydrogens is 413 g/mol. The number of carbonyl (C=O) groups is 1. The van der Waals surface area contributed by atoms with Gasteiger partial charge in [0, 0.05) is 37.9 Å². The van der Waals surface area contributed by atoms with Crippen LogP contribution in [0.15, 0.2) is 42.5 Å². The minimum atomic E-state index is -3.68. The van der Waals surface area contributed by atoms with Crippen molar-refractivity contribution in [3.8, 4) is 11.5 Å². The number of hydrogen-bond acceptors (Lipinski definition) is 6. The third kappa shape index (κ3) is 4.28. The SMILES string of the molecule is CS(=O)(=O)N(CC(=O)N1CCN(c2ccc(F)cc2)CC1)c1ccc2c(c1)OCO2. The Kier molecular flexibility index (Phi) is 5.42. The van der Waals surface area contributed by atoms with Crippen molar-refractivity contribution in [1.82, 2.24) is 4.90 Å². The lowest BCUT2D eigenvalue weighted by atomic mass is 10.2. The molecule has 8 nitrogen and oxygen atoms in total. The van der Waals surface area contributed by atoms with Crippen LogP contribution in [0.2, 0.25) is 0 Å². The summed E-state index contributed by atoms with van der Waals surface area (Å²) < 4.78 is 49.5. The van der Waals surface area contributed by atoms with Gasteiger partial charge < -0.3 is 19.3 Å². The third-order valence-corrected chi connectivity index (χ3v) is 6.29. The molecule has 0 spiro atoms. The zero-order valence-electron chi connectivity index (χ0n) is 16.5. The fraction of sp³-hybridized carbons (Fsp3) is 0.350. The van der Waals surface area contributed by atoms with Crippen LogP contribution in [0.25, 0.3) is 0 Å². The molecule has 0 saturated carbocycles. The number of nitrogens with zero attached hydrogens (tertiary/aromatic N) is 3. The maximum absolute atomic E-state index is 13.1. The van der Waals surface area contributed by atoms with E-state index in [-0.39, 0.29) is 25.1 Å². The monoisotopic (exact) mass is 435 g/mol. The smallest absolute Gasteiger partial charge is 0.243 e. The molecule has 1 saturated heterocycles. The zero-order valence-corrected chi connectivity index (χ0v) is 17.3. The van der Waals surface area contributed by atoms with Crippen molar-refractivity contribution in [2.45, 2.75) is 0 Å². The molecule has 0 aromatic heterocycles. The summed E-state index contributed by atoms with van der Waals surface area (Å²) in [5.74, 6) is 0.408. The van der Waals surface area contributed by atoms with E-state index in [4.69, 9.17) is 9.47 Å². The van der Waals surface area contributed by atoms with Gasteiger partial charge in [0.1, 0.15) is 12.4 Å². The van der Waals surface area contributed by atoms with Gasteiger partial charge in [0.2, 0.25) is 22.7 Å². The predicted molar refractivity (Wildman–Crippen MR) is 110 cm³/mol. The normalized spacial score (nSPS) is 15.9. The largest absolute Gasteiger partial charge is 0.454 e. The van der Waals surface area contributed by atoms with Crippen LogP contribution in [0.1, 0.15) is 0 Å². The van der Waals surface area contributed by atoms with Gasteiger partial charge in [0.25, 0.3) is 0 Å². The Hall–Kier alpha value is -3.01. The van der Waals surface area contributed by atoms with Gasteiger partial charge in [0.15, 0.2) is 11.5 Å². The van der Waals surface area contributed by atoms with E-state index >= 15 is 0 Å². The first kappa shape index (κ1) is 20.3. The van der Waals surface area contributed by atoms with Crippen molar-refractivity contribution in [3.05, 3.63) is 48.3 Å². The average Bonchev–Trinajstić information content (AvgIpc) is 3.19. The maximum atomic E-state index is 13.1. The Balaban J connectivity index is 1.43. The number of fused-ring (bicyclic) bond motifs is 1. The highest BCUT2D eigenvalue weighted by Crippen LogP contribution is 2.36. The number of piperazine rings is 1. The molecule has 0 bridgehead atoms. The topological polar surface area (TPSA) is 79.4 Å². The molecule has 2 aromatic carbocycles. The van der Waals surface area contributed by atoms with E-state index in [0.717, 1.165) is 16.2 Å². The Labute approximate surface area is 174 Å². The fourth-order valence-electron chi connectivity index (χ4n) is 3.53. The van der Waals surface area contributed by atoms with Crippen LogP contribution in [0.3, 0.4) is 0 Å². The van der Waals surface area contributed by atoms with Crippen molar-refractivity contribution >= 4 is 27.3 Å². The minimum Gasteiger partial charge on any atom is -0.454 e. The molecule has 1 amide bonds. The van der Waals surface area contributed by atoms with Crippen molar-refractivity contribution in [2.24, 2.45) is 0 Å². The second-order valence-electron chi connectivity index (χ2n) is 7.15. The van der Waals surface area contributed by atoms with E-state index in [1.54, 1.807) is 35.2 Å². The van der Waals surface area contributed by atoms with Gasteiger partial charge in [-0.2, -0.15) is 0 Å². The van der Waals surface area contributed by atoms with E-state index in [1.165, 1.54) is 12.1 Å². The number of halogens is 1. The molecule has 0 unspecified atom stereocenters. The van der Waals surface area contributed by atoms with Crippen molar-refractivity contribution in [3.63, 3.8) is 0 Å². The summed E-state index contributed by atoms with van der Waals surface area (Å²) in [6.07, 6.45) is 1.07. The summed E-state index contributed by atoms with van der Waals surface area (Å²) in [6, 6.07) is 11.0. The Morgan fingerprint density at radius 3 is 2.37 bits per heavy atom. The molecule has 30 heavy (non-hydrogen) atoms. The second kappa shape index (κ2) is 8.02. The van der Waals surface area contributed by atoms with E-state index in [9.17, 15) is 17.6 Å². The van der Waals surface area contributed by atoms with Crippen LogP contribution in [-0.2, 0) is 14.8 Å². The van der Waals surface area contributed by atoms with Crippen molar-refractivity contribution in [2.75, 3.05) is 55.0 Å². The standard InChI is InChI=1S/C20H22FN3O5S/c1-30(26,27)24(17-6-7-18-19(12-17)29-14-28-18)13-20(25)23-10-8-22(9-11-23)16-4-2-15(21)3-5-16/h2-7,12H,8-11,13-14H2,1H3. The van der Waals surface area contributed by atoms with Gasteiger partial charge in [-0.1, -0.05) is 0 Å². The molecule has 2 aromatic rings. The van der Waals surface area contributed by atoms with Gasteiger partial charge in [-0.25, -0.2) is 12.8 Å². The molecule has 0 aliphatic carbocycles. The molecule has 0 N–H and O–H groups in total. The molecule has 0 radical (unpaired) electrons. The lowest BCUT2D eigenvalue weighted by Crippen LogP contribution is -2.52. The number of carbonyl (C=O) groups excluding carboxylic acids is 1. The second-order valence-corrected chi connectivity index (χ2v) is 9.06. The molecule has 1 fully saturated rings. The number of benzene rings is 2. The highest BCUT2D eigenvalue weighted by atomic mass is 32.2. The van der Waals surface area contributed by atoms with Crippen LogP contribution in [-0.4, -0.2) is 65.0 Å². The molecule has 10 heteroatoms. The fourth-order valence-corrected chi connectivity index (χ4v) is 4.37. The number of sulfonamides is 1. The van der Waals surface area contributed by atoms with Gasteiger partial charge >= 0.3 is 0 Å². The Morgan fingerprint density at radius 2 is 1.70 bits per heavy atom. The van der Waals surface area contributed by atoms with Gasteiger partial charge in [-0.3, -0.25) is 9.10 Å². The highest BCUT2D eigenvalue weighted by Gasteiger charge is 2.28. The number of amides is 1. The third-order valence-electron chi connectivity index (χ3n) is 5.15. The quantitative estimate of drug-likeness (QED) is 0.711. The van der Waals surface area contributed by atoms with E-state index in [1.807, 2.05) is 0 Å². The predicted octanol–water partition coefficient (Wildman–Crippen LogP) is 1.67. The summed E-state index contributed by atoms with van der Waals surface area (Å²) in [7, 11) is -3.68.